The number of ether oxygens (including phenoxy) is 1. The highest BCUT2D eigenvalue weighted by molar-refractivity contribution is 7.98. The Morgan fingerprint density at radius 1 is 1.20 bits per heavy atom. The number of morpholine rings is 1. The molecule has 1 fully saturated rings. The Labute approximate surface area is 183 Å². The van der Waals surface area contributed by atoms with Crippen LogP contribution in [-0.4, -0.2) is 59.1 Å². The SMILES string of the molecule is CSc1ccccc1NC(=O)Cn1nc(C(=O)N2CCOCC2)cc1-c1cccs1. The number of nitrogens with zero attached hydrogens (tertiary/aromatic N) is 3. The van der Waals surface area contributed by atoms with Crippen LogP contribution in [0.1, 0.15) is 10.5 Å². The van der Waals surface area contributed by atoms with Gasteiger partial charge in [0.05, 0.1) is 29.5 Å². The highest BCUT2D eigenvalue weighted by Crippen LogP contribution is 2.27. The van der Waals surface area contributed by atoms with Crippen LogP contribution >= 0.6 is 23.1 Å². The number of carbonyl (C=O) groups is 2. The van der Waals surface area contributed by atoms with Crippen molar-refractivity contribution in [2.45, 2.75) is 11.4 Å². The van der Waals surface area contributed by atoms with Gasteiger partial charge in [0.25, 0.3) is 5.91 Å². The van der Waals surface area contributed by atoms with Gasteiger partial charge in [-0.2, -0.15) is 5.10 Å². The first kappa shape index (κ1) is 20.6. The molecule has 3 aromatic rings. The fourth-order valence-electron chi connectivity index (χ4n) is 3.27. The Balaban J connectivity index is 1.57. The maximum absolute atomic E-state index is 12.9. The molecule has 2 aromatic heterocycles. The lowest BCUT2D eigenvalue weighted by Gasteiger charge is -2.25. The largest absolute Gasteiger partial charge is 0.378 e. The molecule has 7 nitrogen and oxygen atoms in total. The molecule has 0 radical (unpaired) electrons. The fourth-order valence-corrected chi connectivity index (χ4v) is 4.57. The quantitative estimate of drug-likeness (QED) is 0.592. The number of hydrogen-bond donors (Lipinski definition) is 1. The second-order valence-electron chi connectivity index (χ2n) is 6.70. The molecule has 4 rings (SSSR count). The van der Waals surface area contributed by atoms with E-state index in [0.717, 1.165) is 21.2 Å². The number of thiophene rings is 1. The van der Waals surface area contributed by atoms with Gasteiger partial charge in [-0.1, -0.05) is 18.2 Å². The van der Waals surface area contributed by atoms with E-state index < -0.39 is 0 Å². The molecule has 0 aliphatic carbocycles. The molecule has 156 valence electrons. The summed E-state index contributed by atoms with van der Waals surface area (Å²) in [6.07, 6.45) is 1.97. The molecule has 1 aromatic carbocycles. The first-order chi connectivity index (χ1) is 14.7. The molecular formula is C21H22N4O3S2. The van der Waals surface area contributed by atoms with Crippen LogP contribution in [0.5, 0.6) is 0 Å². The van der Waals surface area contributed by atoms with Crippen LogP contribution in [0.25, 0.3) is 10.6 Å². The van der Waals surface area contributed by atoms with Gasteiger partial charge in [0.15, 0.2) is 5.69 Å². The second-order valence-corrected chi connectivity index (χ2v) is 8.50. The van der Waals surface area contributed by atoms with Crippen LogP contribution in [-0.2, 0) is 16.1 Å². The molecule has 0 spiro atoms. The van der Waals surface area contributed by atoms with Gasteiger partial charge in [-0.25, -0.2) is 0 Å². The van der Waals surface area contributed by atoms with E-state index in [9.17, 15) is 9.59 Å². The van der Waals surface area contributed by atoms with Crippen LogP contribution in [0.2, 0.25) is 0 Å². The molecule has 1 aliphatic heterocycles. The van der Waals surface area contributed by atoms with E-state index in [2.05, 4.69) is 10.4 Å². The lowest BCUT2D eigenvalue weighted by Crippen LogP contribution is -2.40. The predicted molar refractivity (Wildman–Crippen MR) is 119 cm³/mol. The molecule has 0 atom stereocenters. The van der Waals surface area contributed by atoms with Crippen molar-refractivity contribution in [1.29, 1.82) is 0 Å². The monoisotopic (exact) mass is 442 g/mol. The number of benzene rings is 1. The van der Waals surface area contributed by atoms with E-state index in [4.69, 9.17) is 4.74 Å². The number of para-hydroxylation sites is 1. The van der Waals surface area contributed by atoms with Gasteiger partial charge in [0.2, 0.25) is 5.91 Å². The van der Waals surface area contributed by atoms with E-state index in [1.807, 2.05) is 48.0 Å². The molecule has 1 N–H and O–H groups in total. The molecule has 1 aliphatic rings. The lowest BCUT2D eigenvalue weighted by atomic mass is 10.2. The van der Waals surface area contributed by atoms with E-state index in [-0.39, 0.29) is 18.4 Å². The Morgan fingerprint density at radius 2 is 2.00 bits per heavy atom. The van der Waals surface area contributed by atoms with Gasteiger partial charge < -0.3 is 15.0 Å². The summed E-state index contributed by atoms with van der Waals surface area (Å²) in [6.45, 7) is 2.17. The Bertz CT molecular complexity index is 1030. The third-order valence-electron chi connectivity index (χ3n) is 4.75. The van der Waals surface area contributed by atoms with Gasteiger partial charge >= 0.3 is 0 Å². The second kappa shape index (κ2) is 9.46. The summed E-state index contributed by atoms with van der Waals surface area (Å²) in [5.74, 6) is -0.328. The predicted octanol–water partition coefficient (Wildman–Crippen LogP) is 3.44. The van der Waals surface area contributed by atoms with Crippen molar-refractivity contribution < 1.29 is 14.3 Å². The average molecular weight is 443 g/mol. The minimum atomic E-state index is -0.192. The lowest BCUT2D eigenvalue weighted by molar-refractivity contribution is -0.116. The van der Waals surface area contributed by atoms with Crippen LogP contribution in [0.15, 0.2) is 52.7 Å². The molecule has 0 bridgehead atoms. The van der Waals surface area contributed by atoms with Crippen molar-refractivity contribution in [3.8, 4) is 10.6 Å². The van der Waals surface area contributed by atoms with Crippen molar-refractivity contribution in [3.05, 3.63) is 53.5 Å². The van der Waals surface area contributed by atoms with Gasteiger partial charge in [-0.15, -0.1) is 23.1 Å². The number of carbonyl (C=O) groups excluding carboxylic acids is 2. The van der Waals surface area contributed by atoms with Gasteiger partial charge in [0.1, 0.15) is 6.54 Å². The van der Waals surface area contributed by atoms with Gasteiger partial charge in [-0.3, -0.25) is 14.3 Å². The Morgan fingerprint density at radius 3 is 2.73 bits per heavy atom. The van der Waals surface area contributed by atoms with Crippen LogP contribution < -0.4 is 5.32 Å². The first-order valence-electron chi connectivity index (χ1n) is 9.57. The summed E-state index contributed by atoms with van der Waals surface area (Å²) >= 11 is 3.12. The van der Waals surface area contributed by atoms with Crippen molar-refractivity contribution in [2.75, 3.05) is 37.9 Å². The molecule has 0 saturated carbocycles. The van der Waals surface area contributed by atoms with Gasteiger partial charge in [-0.05, 0) is 35.9 Å². The van der Waals surface area contributed by atoms with E-state index in [1.165, 1.54) is 0 Å². The number of rotatable bonds is 6. The van der Waals surface area contributed by atoms with E-state index >= 15 is 0 Å². The van der Waals surface area contributed by atoms with E-state index in [0.29, 0.717) is 32.0 Å². The number of thioether (sulfide) groups is 1. The molecule has 1 saturated heterocycles. The topological polar surface area (TPSA) is 76.5 Å². The zero-order valence-corrected chi connectivity index (χ0v) is 18.2. The maximum atomic E-state index is 12.9. The number of anilines is 1. The third-order valence-corrected chi connectivity index (χ3v) is 6.43. The minimum Gasteiger partial charge on any atom is -0.378 e. The van der Waals surface area contributed by atoms with Crippen LogP contribution in [0.4, 0.5) is 5.69 Å². The summed E-state index contributed by atoms with van der Waals surface area (Å²) in [6, 6.07) is 13.3. The van der Waals surface area contributed by atoms with Crippen LogP contribution in [0, 0.1) is 0 Å². The Kier molecular flexibility index (Phi) is 6.51. The third kappa shape index (κ3) is 4.58. The number of nitrogens with one attached hydrogen (secondary N) is 1. The summed E-state index contributed by atoms with van der Waals surface area (Å²) in [7, 11) is 0. The minimum absolute atomic E-state index is 0.0202. The van der Waals surface area contributed by atoms with Crippen molar-refractivity contribution in [2.24, 2.45) is 0 Å². The van der Waals surface area contributed by atoms with Crippen molar-refractivity contribution in [1.82, 2.24) is 14.7 Å². The number of aromatic nitrogens is 2. The number of hydrogen-bond acceptors (Lipinski definition) is 6. The van der Waals surface area contributed by atoms with Gasteiger partial charge in [0, 0.05) is 18.0 Å². The van der Waals surface area contributed by atoms with E-state index in [1.54, 1.807) is 38.7 Å². The normalized spacial score (nSPS) is 14.0. The summed E-state index contributed by atoms with van der Waals surface area (Å²) in [5.41, 5.74) is 1.87. The fraction of sp³-hybridized carbons (Fsp3) is 0.286. The molecule has 3 heterocycles. The molecule has 0 unspecified atom stereocenters. The maximum Gasteiger partial charge on any atom is 0.274 e. The summed E-state index contributed by atoms with van der Waals surface area (Å²) in [5, 5.41) is 9.41. The van der Waals surface area contributed by atoms with Crippen molar-refractivity contribution in [3.63, 3.8) is 0 Å². The zero-order valence-electron chi connectivity index (χ0n) is 16.5. The highest BCUT2D eigenvalue weighted by Gasteiger charge is 2.24. The molecular weight excluding hydrogens is 420 g/mol. The smallest absolute Gasteiger partial charge is 0.274 e. The average Bonchev–Trinajstić information content (AvgIpc) is 3.44. The van der Waals surface area contributed by atoms with Crippen LogP contribution in [0.3, 0.4) is 0 Å². The Hall–Kier alpha value is -2.62. The first-order valence-corrected chi connectivity index (χ1v) is 11.7. The highest BCUT2D eigenvalue weighted by atomic mass is 32.2. The number of amides is 2. The molecule has 9 heteroatoms. The molecule has 30 heavy (non-hydrogen) atoms. The summed E-state index contributed by atoms with van der Waals surface area (Å²) in [4.78, 5) is 29.3. The summed E-state index contributed by atoms with van der Waals surface area (Å²) < 4.78 is 6.94. The van der Waals surface area contributed by atoms with Crippen molar-refractivity contribution >= 4 is 40.6 Å². The zero-order chi connectivity index (χ0) is 20.9. The molecule has 2 amide bonds. The standard InChI is InChI=1S/C21H22N4O3S2/c1-29-18-6-3-2-5-15(18)22-20(26)14-25-17(19-7-4-12-30-19)13-16(23-25)21(27)24-8-10-28-11-9-24/h2-7,12-13H,8-11,14H2,1H3,(H,22,26).